The maximum Gasteiger partial charge on any atom is 0.487 e. The van der Waals surface area contributed by atoms with E-state index < -0.39 is 0 Å². The van der Waals surface area contributed by atoms with E-state index in [0.29, 0.717) is 6.04 Å². The summed E-state index contributed by atoms with van der Waals surface area (Å²) in [5, 5.41) is 3.42. The molecule has 21 heavy (non-hydrogen) atoms. The van der Waals surface area contributed by atoms with Crippen LogP contribution in [0.2, 0.25) is 0 Å². The Morgan fingerprint density at radius 2 is 1.95 bits per heavy atom. The Hall–Kier alpha value is -1.17. The SMILES string of the molecule is CC1(C)OB(/C=C/c2ncccc2[C@@H]2CCN2)OC1(C)C. The average Bonchev–Trinajstić information content (AvgIpc) is 2.55. The third-order valence-corrected chi connectivity index (χ3v) is 4.75. The molecule has 0 spiro atoms. The molecule has 1 aromatic rings. The fourth-order valence-electron chi connectivity index (χ4n) is 2.55. The Kier molecular flexibility index (Phi) is 3.68. The Morgan fingerprint density at radius 1 is 1.29 bits per heavy atom. The number of rotatable bonds is 3. The van der Waals surface area contributed by atoms with Crippen LogP contribution in [0.1, 0.15) is 51.4 Å². The lowest BCUT2D eigenvalue weighted by Gasteiger charge is -2.32. The lowest BCUT2D eigenvalue weighted by Crippen LogP contribution is -2.41. The minimum Gasteiger partial charge on any atom is -0.400 e. The number of hydrogen-bond acceptors (Lipinski definition) is 4. The van der Waals surface area contributed by atoms with Gasteiger partial charge in [0.05, 0.1) is 16.9 Å². The van der Waals surface area contributed by atoms with Gasteiger partial charge in [-0.05, 0) is 58.4 Å². The zero-order valence-corrected chi connectivity index (χ0v) is 13.2. The second-order valence-electron chi connectivity index (χ2n) is 6.76. The first-order chi connectivity index (χ1) is 9.89. The number of nitrogens with one attached hydrogen (secondary N) is 1. The van der Waals surface area contributed by atoms with E-state index in [1.165, 1.54) is 12.0 Å². The number of pyridine rings is 1. The molecule has 0 unspecified atom stereocenters. The van der Waals surface area contributed by atoms with Gasteiger partial charge in [-0.15, -0.1) is 0 Å². The maximum atomic E-state index is 5.97. The van der Waals surface area contributed by atoms with E-state index >= 15 is 0 Å². The highest BCUT2D eigenvalue weighted by Gasteiger charge is 2.50. The van der Waals surface area contributed by atoms with Gasteiger partial charge in [-0.1, -0.05) is 12.0 Å². The second-order valence-corrected chi connectivity index (χ2v) is 6.76. The highest BCUT2D eigenvalue weighted by molar-refractivity contribution is 6.52. The lowest BCUT2D eigenvalue weighted by atomic mass is 9.88. The Bertz CT molecular complexity index is 537. The predicted octanol–water partition coefficient (Wildman–Crippen LogP) is 2.76. The van der Waals surface area contributed by atoms with Crippen molar-refractivity contribution in [1.82, 2.24) is 10.3 Å². The van der Waals surface area contributed by atoms with E-state index in [1.54, 1.807) is 0 Å². The molecule has 0 bridgehead atoms. The van der Waals surface area contributed by atoms with Gasteiger partial charge in [-0.2, -0.15) is 0 Å². The number of aromatic nitrogens is 1. The molecule has 2 aliphatic heterocycles. The summed E-state index contributed by atoms with van der Waals surface area (Å²) in [6.45, 7) is 9.33. The van der Waals surface area contributed by atoms with E-state index in [0.717, 1.165) is 12.2 Å². The molecular formula is C16H23BN2O2. The van der Waals surface area contributed by atoms with Crippen molar-refractivity contribution < 1.29 is 9.31 Å². The fourth-order valence-corrected chi connectivity index (χ4v) is 2.55. The quantitative estimate of drug-likeness (QED) is 0.868. The minimum absolute atomic E-state index is 0.301. The Balaban J connectivity index is 1.76. The standard InChI is InChI=1S/C16H23BN2O2/c1-15(2)16(3,4)21-17(20-15)9-7-13-12(6-5-10-18-13)14-8-11-19-14/h5-7,9-10,14,19H,8,11H2,1-4H3/b9-7+/t14-/m0/s1. The lowest BCUT2D eigenvalue weighted by molar-refractivity contribution is 0.00578. The van der Waals surface area contributed by atoms with Crippen LogP contribution in [0.3, 0.4) is 0 Å². The van der Waals surface area contributed by atoms with E-state index in [2.05, 4.69) is 44.1 Å². The fraction of sp³-hybridized carbons (Fsp3) is 0.562. The second kappa shape index (κ2) is 5.23. The molecule has 0 radical (unpaired) electrons. The molecule has 5 heteroatoms. The van der Waals surface area contributed by atoms with Crippen LogP contribution < -0.4 is 5.32 Å². The first-order valence-electron chi connectivity index (χ1n) is 7.61. The van der Waals surface area contributed by atoms with Gasteiger partial charge in [0.1, 0.15) is 0 Å². The van der Waals surface area contributed by atoms with E-state index in [-0.39, 0.29) is 18.3 Å². The van der Waals surface area contributed by atoms with E-state index in [9.17, 15) is 0 Å². The van der Waals surface area contributed by atoms with Gasteiger partial charge >= 0.3 is 7.12 Å². The third-order valence-electron chi connectivity index (χ3n) is 4.75. The molecule has 0 amide bonds. The maximum absolute atomic E-state index is 5.97. The van der Waals surface area contributed by atoms with Crippen LogP contribution >= 0.6 is 0 Å². The first-order valence-corrected chi connectivity index (χ1v) is 7.61. The van der Waals surface area contributed by atoms with Crippen molar-refractivity contribution in [2.24, 2.45) is 0 Å². The Labute approximate surface area is 127 Å². The van der Waals surface area contributed by atoms with Gasteiger partial charge in [-0.3, -0.25) is 4.98 Å². The molecule has 2 aliphatic rings. The topological polar surface area (TPSA) is 43.4 Å². The van der Waals surface area contributed by atoms with Gasteiger partial charge in [0.25, 0.3) is 0 Å². The highest BCUT2D eigenvalue weighted by Crippen LogP contribution is 2.37. The summed E-state index contributed by atoms with van der Waals surface area (Å²) in [5.74, 6) is 1.96. The summed E-state index contributed by atoms with van der Waals surface area (Å²) in [6, 6.07) is 4.55. The monoisotopic (exact) mass is 286 g/mol. The van der Waals surface area contributed by atoms with Crippen LogP contribution in [0.4, 0.5) is 0 Å². The van der Waals surface area contributed by atoms with Gasteiger partial charge in [0.15, 0.2) is 0 Å². The molecule has 1 aromatic heterocycles. The minimum atomic E-state index is -0.320. The molecule has 4 nitrogen and oxygen atoms in total. The van der Waals surface area contributed by atoms with Crippen molar-refractivity contribution >= 4 is 13.2 Å². The predicted molar refractivity (Wildman–Crippen MR) is 84.7 cm³/mol. The largest absolute Gasteiger partial charge is 0.487 e. The molecule has 0 aliphatic carbocycles. The van der Waals surface area contributed by atoms with E-state index in [4.69, 9.17) is 9.31 Å². The molecule has 1 N–H and O–H groups in total. The summed E-state index contributed by atoms with van der Waals surface area (Å²) >= 11 is 0. The molecule has 1 atom stereocenters. The molecular weight excluding hydrogens is 263 g/mol. The van der Waals surface area contributed by atoms with Crippen LogP contribution in [0.15, 0.2) is 24.3 Å². The van der Waals surface area contributed by atoms with Gasteiger partial charge in [0, 0.05) is 12.2 Å². The van der Waals surface area contributed by atoms with Crippen LogP contribution in [0.25, 0.3) is 6.08 Å². The summed E-state index contributed by atoms with van der Waals surface area (Å²) in [6.07, 6.45) is 5.01. The molecule has 0 saturated carbocycles. The number of hydrogen-bond donors (Lipinski definition) is 1. The summed E-state index contributed by atoms with van der Waals surface area (Å²) in [5.41, 5.74) is 1.63. The molecule has 112 valence electrons. The van der Waals surface area contributed by atoms with Crippen LogP contribution in [-0.2, 0) is 9.31 Å². The van der Waals surface area contributed by atoms with Gasteiger partial charge < -0.3 is 14.6 Å². The van der Waals surface area contributed by atoms with Crippen molar-refractivity contribution in [1.29, 1.82) is 0 Å². The van der Waals surface area contributed by atoms with Crippen molar-refractivity contribution in [2.75, 3.05) is 6.54 Å². The van der Waals surface area contributed by atoms with Crippen molar-refractivity contribution in [3.63, 3.8) is 0 Å². The van der Waals surface area contributed by atoms with E-state index in [1.807, 2.05) is 24.3 Å². The highest BCUT2D eigenvalue weighted by atomic mass is 16.7. The van der Waals surface area contributed by atoms with Gasteiger partial charge in [-0.25, -0.2) is 0 Å². The summed E-state index contributed by atoms with van der Waals surface area (Å²) < 4.78 is 11.9. The van der Waals surface area contributed by atoms with Crippen LogP contribution in [0.5, 0.6) is 0 Å². The van der Waals surface area contributed by atoms with Crippen molar-refractivity contribution in [3.8, 4) is 0 Å². The molecule has 2 fully saturated rings. The zero-order valence-electron chi connectivity index (χ0n) is 13.2. The number of nitrogens with zero attached hydrogens (tertiary/aromatic N) is 1. The smallest absolute Gasteiger partial charge is 0.400 e. The first kappa shape index (κ1) is 14.8. The average molecular weight is 286 g/mol. The normalized spacial score (nSPS) is 27.0. The van der Waals surface area contributed by atoms with Crippen LogP contribution in [0, 0.1) is 0 Å². The Morgan fingerprint density at radius 3 is 2.52 bits per heavy atom. The summed E-state index contributed by atoms with van der Waals surface area (Å²) in [7, 11) is -0.320. The third kappa shape index (κ3) is 2.78. The van der Waals surface area contributed by atoms with Crippen molar-refractivity contribution in [3.05, 3.63) is 35.6 Å². The molecule has 3 rings (SSSR count). The van der Waals surface area contributed by atoms with Crippen LogP contribution in [-0.4, -0.2) is 29.8 Å². The molecule has 0 aromatic carbocycles. The zero-order chi connectivity index (χ0) is 15.1. The summed E-state index contributed by atoms with van der Waals surface area (Å²) in [4.78, 5) is 4.48. The molecule has 3 heterocycles. The molecule has 2 saturated heterocycles. The van der Waals surface area contributed by atoms with Crippen molar-refractivity contribution in [2.45, 2.75) is 51.4 Å². The van der Waals surface area contributed by atoms with Gasteiger partial charge in [0.2, 0.25) is 0 Å².